The molecule has 0 spiro atoms. The zero-order valence-corrected chi connectivity index (χ0v) is 22.5. The number of benzene rings is 2. The van der Waals surface area contributed by atoms with Crippen LogP contribution < -0.4 is 10.6 Å². The largest absolute Gasteiger partial charge is 0.369 e. The van der Waals surface area contributed by atoms with Gasteiger partial charge >= 0.3 is 0 Å². The van der Waals surface area contributed by atoms with E-state index in [-0.39, 0.29) is 22.9 Å². The Kier molecular flexibility index (Phi) is 8.61. The van der Waals surface area contributed by atoms with Crippen molar-refractivity contribution in [2.24, 2.45) is 0 Å². The first-order chi connectivity index (χ1) is 17.9. The van der Waals surface area contributed by atoms with Crippen molar-refractivity contribution < 1.29 is 9.59 Å². The van der Waals surface area contributed by atoms with Gasteiger partial charge in [0.1, 0.15) is 27.5 Å². The Morgan fingerprint density at radius 3 is 2.51 bits per heavy atom. The van der Waals surface area contributed by atoms with Crippen molar-refractivity contribution >= 4 is 52.2 Å². The molecule has 8 nitrogen and oxygen atoms in total. The fourth-order valence-electron chi connectivity index (χ4n) is 3.50. The maximum atomic E-state index is 13.3. The second-order valence-corrected chi connectivity index (χ2v) is 10.4. The van der Waals surface area contributed by atoms with Crippen LogP contribution in [-0.4, -0.2) is 45.8 Å². The number of carbonyl (C=O) groups excluding carboxylic acids is 2. The van der Waals surface area contributed by atoms with Gasteiger partial charge in [0.2, 0.25) is 5.78 Å². The number of nitriles is 1. The molecule has 0 atom stereocenters. The van der Waals surface area contributed by atoms with Crippen molar-refractivity contribution in [3.05, 3.63) is 87.0 Å². The monoisotopic (exact) mass is 550 g/mol. The second-order valence-electron chi connectivity index (χ2n) is 8.01. The predicted molar refractivity (Wildman–Crippen MR) is 147 cm³/mol. The minimum absolute atomic E-state index is 0.0604. The van der Waals surface area contributed by atoms with E-state index in [2.05, 4.69) is 26.8 Å². The number of nitrogens with one attached hydrogen (secondary N) is 2. The van der Waals surface area contributed by atoms with E-state index in [9.17, 15) is 14.9 Å². The molecule has 0 unspecified atom stereocenters. The molecule has 2 aromatic heterocycles. The first kappa shape index (κ1) is 26.4. The lowest BCUT2D eigenvalue weighted by molar-refractivity contribution is 0.0948. The lowest BCUT2D eigenvalue weighted by atomic mass is 10.0. The summed E-state index contributed by atoms with van der Waals surface area (Å²) in [5.74, 6) is -0.172. The van der Waals surface area contributed by atoms with E-state index < -0.39 is 0 Å². The highest BCUT2D eigenvalue weighted by molar-refractivity contribution is 8.00. The van der Waals surface area contributed by atoms with Crippen LogP contribution >= 0.6 is 34.7 Å². The van der Waals surface area contributed by atoms with E-state index in [0.29, 0.717) is 47.3 Å². The Labute approximate surface area is 227 Å². The van der Waals surface area contributed by atoms with Crippen LogP contribution in [0, 0.1) is 18.3 Å². The molecule has 0 aliphatic heterocycles. The number of nitrogens with zero attached hydrogens (tertiary/aromatic N) is 4. The SMILES string of the molecule is CSc1nc(C(=O)NCCCNc2c(C#N)c(C(=O)c3ccc(C)cc3)nn2-c2ccc(Cl)cc2)cs1. The Bertz CT molecular complexity index is 1460. The number of amides is 1. The third-order valence-corrected chi connectivity index (χ3v) is 7.53. The van der Waals surface area contributed by atoms with Gasteiger partial charge in [-0.3, -0.25) is 9.59 Å². The molecule has 0 saturated carbocycles. The van der Waals surface area contributed by atoms with Gasteiger partial charge in [-0.2, -0.15) is 10.4 Å². The van der Waals surface area contributed by atoms with E-state index >= 15 is 0 Å². The van der Waals surface area contributed by atoms with Gasteiger partial charge in [0.25, 0.3) is 5.91 Å². The molecule has 37 heavy (non-hydrogen) atoms. The third-order valence-electron chi connectivity index (χ3n) is 5.42. The van der Waals surface area contributed by atoms with Crippen LogP contribution in [0.25, 0.3) is 5.69 Å². The van der Waals surface area contributed by atoms with Crippen molar-refractivity contribution in [3.63, 3.8) is 0 Å². The molecule has 0 bridgehead atoms. The summed E-state index contributed by atoms with van der Waals surface area (Å²) in [4.78, 5) is 29.8. The summed E-state index contributed by atoms with van der Waals surface area (Å²) in [6.45, 7) is 2.77. The molecule has 2 heterocycles. The molecular formula is C26H23ClN6O2S2. The van der Waals surface area contributed by atoms with Crippen molar-refractivity contribution in [1.29, 1.82) is 5.26 Å². The number of carbonyl (C=O) groups is 2. The zero-order valence-electron chi connectivity index (χ0n) is 20.1. The lowest BCUT2D eigenvalue weighted by Crippen LogP contribution is -2.26. The summed E-state index contributed by atoms with van der Waals surface area (Å²) in [6.07, 6.45) is 2.49. The molecule has 0 saturated heterocycles. The highest BCUT2D eigenvalue weighted by atomic mass is 35.5. The van der Waals surface area contributed by atoms with Gasteiger partial charge in [-0.15, -0.1) is 11.3 Å². The number of thioether (sulfide) groups is 1. The number of halogens is 1. The van der Waals surface area contributed by atoms with Crippen LogP contribution in [0.1, 0.15) is 44.1 Å². The van der Waals surface area contributed by atoms with Gasteiger partial charge in [0, 0.05) is 29.1 Å². The highest BCUT2D eigenvalue weighted by Gasteiger charge is 2.25. The summed E-state index contributed by atoms with van der Waals surface area (Å²) in [5, 5.41) is 22.9. The molecule has 4 rings (SSSR count). The number of hydrogen-bond acceptors (Lipinski definition) is 8. The van der Waals surface area contributed by atoms with E-state index in [1.54, 1.807) is 41.8 Å². The topological polar surface area (TPSA) is 113 Å². The predicted octanol–water partition coefficient (Wildman–Crippen LogP) is 5.35. The molecule has 0 aliphatic rings. The van der Waals surface area contributed by atoms with Gasteiger partial charge in [0.05, 0.1) is 5.69 Å². The van der Waals surface area contributed by atoms with Crippen molar-refractivity contribution in [1.82, 2.24) is 20.1 Å². The molecule has 4 aromatic rings. The minimum atomic E-state index is -0.340. The van der Waals surface area contributed by atoms with Crippen LogP contribution in [0.5, 0.6) is 0 Å². The maximum absolute atomic E-state index is 13.3. The smallest absolute Gasteiger partial charge is 0.270 e. The maximum Gasteiger partial charge on any atom is 0.270 e. The van der Waals surface area contributed by atoms with E-state index in [4.69, 9.17) is 11.6 Å². The fourth-order valence-corrected chi connectivity index (χ4v) is 4.87. The van der Waals surface area contributed by atoms with Gasteiger partial charge in [0.15, 0.2) is 5.69 Å². The molecule has 188 valence electrons. The van der Waals surface area contributed by atoms with Gasteiger partial charge in [-0.05, 0) is 43.9 Å². The average molecular weight is 551 g/mol. The summed E-state index contributed by atoms with van der Waals surface area (Å²) >= 11 is 8.98. The standard InChI is InChI=1S/C26H23ClN6O2S2/c1-16-4-6-17(7-5-16)23(34)22-20(14-28)24(33(32-22)19-10-8-18(27)9-11-19)29-12-3-13-30-25(35)21-15-37-26(31-21)36-2/h4-11,15,29H,3,12-13H2,1-2H3,(H,30,35). The molecule has 0 radical (unpaired) electrons. The quantitative estimate of drug-likeness (QED) is 0.155. The molecule has 2 N–H and O–H groups in total. The Morgan fingerprint density at radius 1 is 1.14 bits per heavy atom. The van der Waals surface area contributed by atoms with Crippen molar-refractivity contribution in [3.8, 4) is 11.8 Å². The molecule has 1 amide bonds. The Hall–Kier alpha value is -3.65. The van der Waals surface area contributed by atoms with E-state index in [0.717, 1.165) is 9.90 Å². The minimum Gasteiger partial charge on any atom is -0.369 e. The first-order valence-corrected chi connectivity index (χ1v) is 13.8. The lowest BCUT2D eigenvalue weighted by Gasteiger charge is -2.11. The molecule has 0 aliphatic carbocycles. The fraction of sp³-hybridized carbons (Fsp3) is 0.192. The van der Waals surface area contributed by atoms with Crippen LogP contribution in [0.15, 0.2) is 58.3 Å². The zero-order chi connectivity index (χ0) is 26.4. The van der Waals surface area contributed by atoms with Crippen LogP contribution in [0.2, 0.25) is 5.02 Å². The van der Waals surface area contributed by atoms with Gasteiger partial charge < -0.3 is 10.6 Å². The molecule has 0 fully saturated rings. The number of ketones is 1. The number of aryl methyl sites for hydroxylation is 1. The summed E-state index contributed by atoms with van der Waals surface area (Å²) < 4.78 is 2.37. The number of rotatable bonds is 10. The van der Waals surface area contributed by atoms with Crippen LogP contribution in [0.4, 0.5) is 5.82 Å². The number of aromatic nitrogens is 3. The Morgan fingerprint density at radius 2 is 1.86 bits per heavy atom. The molecular weight excluding hydrogens is 528 g/mol. The first-order valence-electron chi connectivity index (χ1n) is 11.3. The summed E-state index contributed by atoms with van der Waals surface area (Å²) in [7, 11) is 0. The summed E-state index contributed by atoms with van der Waals surface area (Å²) in [6, 6.07) is 16.2. The third kappa shape index (κ3) is 6.20. The number of thiazole rings is 1. The van der Waals surface area contributed by atoms with Crippen LogP contribution in [0.3, 0.4) is 0 Å². The normalized spacial score (nSPS) is 10.6. The number of hydrogen-bond donors (Lipinski definition) is 2. The van der Waals surface area contributed by atoms with E-state index in [1.165, 1.54) is 27.8 Å². The van der Waals surface area contributed by atoms with Crippen LogP contribution in [-0.2, 0) is 0 Å². The Balaban J connectivity index is 1.53. The second kappa shape index (κ2) is 12.1. The average Bonchev–Trinajstić information content (AvgIpc) is 3.54. The molecule has 2 aromatic carbocycles. The van der Waals surface area contributed by atoms with Gasteiger partial charge in [-0.25, -0.2) is 9.67 Å². The highest BCUT2D eigenvalue weighted by Crippen LogP contribution is 2.26. The summed E-state index contributed by atoms with van der Waals surface area (Å²) in [5.41, 5.74) is 2.73. The van der Waals surface area contributed by atoms with Crippen molar-refractivity contribution in [2.45, 2.75) is 17.7 Å². The number of anilines is 1. The van der Waals surface area contributed by atoms with Crippen molar-refractivity contribution in [2.75, 3.05) is 24.7 Å². The van der Waals surface area contributed by atoms with Gasteiger partial charge in [-0.1, -0.05) is 53.2 Å². The molecule has 11 heteroatoms. The van der Waals surface area contributed by atoms with E-state index in [1.807, 2.05) is 25.3 Å².